The zero-order valence-corrected chi connectivity index (χ0v) is 22.2. The summed E-state index contributed by atoms with van der Waals surface area (Å²) in [6, 6.07) is 12.4. The summed E-state index contributed by atoms with van der Waals surface area (Å²) in [5.41, 5.74) is 2.37. The molecule has 4 rings (SSSR count). The number of carboxylic acid groups (broad SMARTS) is 1. The van der Waals surface area contributed by atoms with E-state index in [4.69, 9.17) is 4.42 Å². The maximum Gasteiger partial charge on any atom is 0.305 e. The Morgan fingerprint density at radius 1 is 1.13 bits per heavy atom. The minimum atomic E-state index is -4.00. The van der Waals surface area contributed by atoms with Crippen molar-refractivity contribution in [3.8, 4) is 0 Å². The number of carbonyl (C=O) groups is 2. The Hall–Kier alpha value is -3.70. The SMILES string of the molecule is CC(C)c1ccc(S(=O)(=O)NC(CC(=O)O)c2cc3cc(CCC(=O)NC4=NCCCN4)ccc3o2)cc1. The van der Waals surface area contributed by atoms with E-state index in [-0.39, 0.29) is 28.9 Å². The van der Waals surface area contributed by atoms with Crippen LogP contribution in [0.25, 0.3) is 11.0 Å². The summed E-state index contributed by atoms with van der Waals surface area (Å²) in [5, 5.41) is 15.9. The number of amides is 1. The molecule has 11 heteroatoms. The molecule has 0 saturated heterocycles. The van der Waals surface area contributed by atoms with E-state index in [9.17, 15) is 23.1 Å². The van der Waals surface area contributed by atoms with Gasteiger partial charge in [0.15, 0.2) is 5.96 Å². The minimum Gasteiger partial charge on any atom is -0.481 e. The summed E-state index contributed by atoms with van der Waals surface area (Å²) in [6.07, 6.45) is 1.18. The number of sulfonamides is 1. The van der Waals surface area contributed by atoms with Crippen LogP contribution in [0.4, 0.5) is 0 Å². The van der Waals surface area contributed by atoms with Crippen molar-refractivity contribution in [2.24, 2.45) is 4.99 Å². The smallest absolute Gasteiger partial charge is 0.305 e. The van der Waals surface area contributed by atoms with E-state index >= 15 is 0 Å². The average molecular weight is 541 g/mol. The van der Waals surface area contributed by atoms with Crippen molar-refractivity contribution in [1.29, 1.82) is 0 Å². The number of hydrogen-bond donors (Lipinski definition) is 4. The highest BCUT2D eigenvalue weighted by atomic mass is 32.2. The Labute approximate surface area is 221 Å². The molecule has 0 saturated carbocycles. The number of nitrogens with zero attached hydrogens (tertiary/aromatic N) is 1. The van der Waals surface area contributed by atoms with Crippen molar-refractivity contribution in [3.63, 3.8) is 0 Å². The second-order valence-electron chi connectivity index (χ2n) is 9.58. The van der Waals surface area contributed by atoms with Crippen molar-refractivity contribution in [2.75, 3.05) is 13.1 Å². The highest BCUT2D eigenvalue weighted by Crippen LogP contribution is 2.29. The van der Waals surface area contributed by atoms with Crippen LogP contribution in [0.5, 0.6) is 0 Å². The van der Waals surface area contributed by atoms with Crippen molar-refractivity contribution in [1.82, 2.24) is 15.4 Å². The van der Waals surface area contributed by atoms with Crippen LogP contribution in [0.15, 0.2) is 62.8 Å². The van der Waals surface area contributed by atoms with E-state index in [0.717, 1.165) is 24.1 Å². The predicted molar refractivity (Wildman–Crippen MR) is 143 cm³/mol. The van der Waals surface area contributed by atoms with Crippen molar-refractivity contribution in [3.05, 3.63) is 65.4 Å². The molecule has 4 N–H and O–H groups in total. The topological polar surface area (TPSA) is 150 Å². The molecule has 0 radical (unpaired) electrons. The second kappa shape index (κ2) is 11.8. The van der Waals surface area contributed by atoms with Gasteiger partial charge in [-0.1, -0.05) is 32.0 Å². The Morgan fingerprint density at radius 3 is 2.55 bits per heavy atom. The fourth-order valence-corrected chi connectivity index (χ4v) is 5.38. The van der Waals surface area contributed by atoms with E-state index < -0.39 is 28.5 Å². The number of furan rings is 1. The lowest BCUT2D eigenvalue weighted by atomic mass is 10.0. The summed E-state index contributed by atoms with van der Waals surface area (Å²) in [7, 11) is -4.00. The van der Waals surface area contributed by atoms with Gasteiger partial charge < -0.3 is 14.8 Å². The van der Waals surface area contributed by atoms with E-state index in [1.165, 1.54) is 12.1 Å². The molecule has 10 nitrogen and oxygen atoms in total. The first-order chi connectivity index (χ1) is 18.1. The van der Waals surface area contributed by atoms with Gasteiger partial charge in [-0.15, -0.1) is 0 Å². The lowest BCUT2D eigenvalue weighted by molar-refractivity contribution is -0.137. The van der Waals surface area contributed by atoms with Crippen molar-refractivity contribution >= 4 is 38.8 Å². The van der Waals surface area contributed by atoms with Crippen LogP contribution in [0.1, 0.15) is 62.0 Å². The molecule has 1 atom stereocenters. The normalized spacial score (nSPS) is 14.7. The number of hydrogen-bond acceptors (Lipinski definition) is 7. The quantitative estimate of drug-likeness (QED) is 0.308. The Kier molecular flexibility index (Phi) is 8.48. The van der Waals surface area contributed by atoms with Crippen LogP contribution in [-0.4, -0.2) is 44.4 Å². The Bertz CT molecular complexity index is 1440. The van der Waals surface area contributed by atoms with Crippen LogP contribution in [0.3, 0.4) is 0 Å². The van der Waals surface area contributed by atoms with E-state index in [1.807, 2.05) is 26.0 Å². The molecule has 38 heavy (non-hydrogen) atoms. The molecule has 1 amide bonds. The molecule has 0 bridgehead atoms. The first-order valence-electron chi connectivity index (χ1n) is 12.6. The number of carboxylic acids is 1. The highest BCUT2D eigenvalue weighted by molar-refractivity contribution is 7.89. The molecule has 1 aliphatic heterocycles. The first-order valence-corrected chi connectivity index (χ1v) is 14.0. The van der Waals surface area contributed by atoms with Gasteiger partial charge in [-0.3, -0.25) is 19.9 Å². The molecule has 202 valence electrons. The molecule has 0 aliphatic carbocycles. The van der Waals surface area contributed by atoms with Crippen LogP contribution >= 0.6 is 0 Å². The molecule has 0 spiro atoms. The molecule has 1 aromatic heterocycles. The van der Waals surface area contributed by atoms with Crippen molar-refractivity contribution in [2.45, 2.75) is 56.4 Å². The van der Waals surface area contributed by atoms with Gasteiger partial charge in [0.1, 0.15) is 11.3 Å². The average Bonchev–Trinajstić information content (AvgIpc) is 3.31. The summed E-state index contributed by atoms with van der Waals surface area (Å²) >= 11 is 0. The number of nitrogens with one attached hydrogen (secondary N) is 3. The number of rotatable bonds is 10. The van der Waals surface area contributed by atoms with E-state index in [0.29, 0.717) is 29.9 Å². The van der Waals surface area contributed by atoms with Crippen LogP contribution in [0, 0.1) is 0 Å². The maximum absolute atomic E-state index is 13.0. The van der Waals surface area contributed by atoms with Gasteiger partial charge in [0.2, 0.25) is 15.9 Å². The molecule has 1 unspecified atom stereocenters. The third-order valence-corrected chi connectivity index (χ3v) is 7.76. The Morgan fingerprint density at radius 2 is 1.89 bits per heavy atom. The van der Waals surface area contributed by atoms with Crippen LogP contribution in [0.2, 0.25) is 0 Å². The lowest BCUT2D eigenvalue weighted by Crippen LogP contribution is -2.43. The van der Waals surface area contributed by atoms with E-state index in [2.05, 4.69) is 20.3 Å². The Balaban J connectivity index is 1.48. The highest BCUT2D eigenvalue weighted by Gasteiger charge is 2.26. The van der Waals surface area contributed by atoms with Crippen LogP contribution in [-0.2, 0) is 26.0 Å². The molecular weight excluding hydrogens is 508 g/mol. The summed E-state index contributed by atoms with van der Waals surface area (Å²) in [6.45, 7) is 5.49. The zero-order chi connectivity index (χ0) is 27.3. The van der Waals surface area contributed by atoms with Gasteiger partial charge in [-0.2, -0.15) is 4.72 Å². The summed E-state index contributed by atoms with van der Waals surface area (Å²) < 4.78 is 34.4. The number of carbonyl (C=O) groups excluding carboxylic acids is 1. The van der Waals surface area contributed by atoms with Gasteiger partial charge in [-0.25, -0.2) is 8.42 Å². The number of aryl methyl sites for hydroxylation is 1. The maximum atomic E-state index is 13.0. The number of aliphatic imine (C=N–C) groups is 1. The molecule has 3 aromatic rings. The van der Waals surface area contributed by atoms with Gasteiger partial charge in [-0.05, 0) is 60.2 Å². The molecule has 2 aromatic carbocycles. The molecule has 0 fully saturated rings. The second-order valence-corrected chi connectivity index (χ2v) is 11.3. The first kappa shape index (κ1) is 27.3. The molecular formula is C27H32N4O6S. The number of fused-ring (bicyclic) bond motifs is 1. The fourth-order valence-electron chi connectivity index (χ4n) is 4.17. The third kappa shape index (κ3) is 6.99. The van der Waals surface area contributed by atoms with Gasteiger partial charge in [0.25, 0.3) is 0 Å². The van der Waals surface area contributed by atoms with Gasteiger partial charge in [0.05, 0.1) is 17.4 Å². The van der Waals surface area contributed by atoms with Gasteiger partial charge >= 0.3 is 5.97 Å². The third-order valence-electron chi connectivity index (χ3n) is 6.27. The fraction of sp³-hybridized carbons (Fsp3) is 0.370. The standard InChI is InChI=1S/C27H32N4O6S/c1-17(2)19-6-8-21(9-7-19)38(35,36)31-22(16-26(33)34)24-15-20-14-18(4-10-23(20)37-24)5-11-25(32)30-27-28-12-3-13-29-27/h4,6-10,14-15,17,22,31H,3,5,11-13,16H2,1-2H3,(H,33,34)(H2,28,29,30,32). The number of guanidine groups is 1. The van der Waals surface area contributed by atoms with Crippen LogP contribution < -0.4 is 15.4 Å². The predicted octanol–water partition coefficient (Wildman–Crippen LogP) is 3.45. The summed E-state index contributed by atoms with van der Waals surface area (Å²) in [5.74, 6) is -0.377. The monoisotopic (exact) mass is 540 g/mol. The van der Waals surface area contributed by atoms with E-state index in [1.54, 1.807) is 24.3 Å². The summed E-state index contributed by atoms with van der Waals surface area (Å²) in [4.78, 5) is 28.1. The zero-order valence-electron chi connectivity index (χ0n) is 21.4. The minimum absolute atomic E-state index is 0.0448. The number of aliphatic carboxylic acids is 1. The van der Waals surface area contributed by atoms with Crippen molar-refractivity contribution < 1.29 is 27.5 Å². The van der Waals surface area contributed by atoms with Gasteiger partial charge in [0, 0.05) is 24.9 Å². The lowest BCUT2D eigenvalue weighted by Gasteiger charge is -2.15. The molecule has 2 heterocycles. The molecule has 1 aliphatic rings. The number of benzene rings is 2. The largest absolute Gasteiger partial charge is 0.481 e.